The minimum Gasteiger partial charge on any atom is -0.354 e. The van der Waals surface area contributed by atoms with Gasteiger partial charge >= 0.3 is 0 Å². The SMILES string of the molecule is O=C(CN(c1ccccc1Cl)S(=O)(=O)c1ccccc1)NCCCSCc1ccc(F)cc1. The van der Waals surface area contributed by atoms with Crippen molar-refractivity contribution in [3.8, 4) is 0 Å². The van der Waals surface area contributed by atoms with Crippen LogP contribution >= 0.6 is 23.4 Å². The summed E-state index contributed by atoms with van der Waals surface area (Å²) in [5, 5.41) is 3.02. The molecule has 0 atom stereocenters. The molecule has 0 saturated carbocycles. The molecule has 0 radical (unpaired) electrons. The van der Waals surface area contributed by atoms with Gasteiger partial charge in [0.05, 0.1) is 15.6 Å². The first-order valence-electron chi connectivity index (χ1n) is 10.3. The zero-order chi connectivity index (χ0) is 23.7. The number of benzene rings is 3. The number of nitrogens with one attached hydrogen (secondary N) is 1. The zero-order valence-electron chi connectivity index (χ0n) is 17.8. The molecule has 0 aliphatic heterocycles. The Balaban J connectivity index is 1.57. The lowest BCUT2D eigenvalue weighted by Crippen LogP contribution is -2.41. The molecule has 0 aromatic heterocycles. The maximum atomic E-state index is 13.3. The van der Waals surface area contributed by atoms with Crippen LogP contribution in [0.1, 0.15) is 12.0 Å². The van der Waals surface area contributed by atoms with E-state index in [0.717, 1.165) is 27.8 Å². The minimum absolute atomic E-state index is 0.0786. The average Bonchev–Trinajstić information content (AvgIpc) is 2.82. The number of anilines is 1. The van der Waals surface area contributed by atoms with Crippen molar-refractivity contribution in [2.75, 3.05) is 23.1 Å². The van der Waals surface area contributed by atoms with E-state index in [0.29, 0.717) is 6.54 Å². The lowest BCUT2D eigenvalue weighted by atomic mass is 10.2. The van der Waals surface area contributed by atoms with Gasteiger partial charge in [0.1, 0.15) is 12.4 Å². The molecule has 0 saturated heterocycles. The van der Waals surface area contributed by atoms with Gasteiger partial charge < -0.3 is 5.32 Å². The van der Waals surface area contributed by atoms with E-state index < -0.39 is 15.9 Å². The number of rotatable bonds is 11. The maximum absolute atomic E-state index is 13.3. The molecule has 5 nitrogen and oxygen atoms in total. The Bertz CT molecular complexity index is 1160. The third-order valence-electron chi connectivity index (χ3n) is 4.71. The van der Waals surface area contributed by atoms with Crippen molar-refractivity contribution < 1.29 is 17.6 Å². The molecule has 0 spiro atoms. The number of carbonyl (C=O) groups excluding carboxylic acids is 1. The van der Waals surface area contributed by atoms with Gasteiger partial charge in [0.2, 0.25) is 5.91 Å². The summed E-state index contributed by atoms with van der Waals surface area (Å²) in [7, 11) is -3.99. The smallest absolute Gasteiger partial charge is 0.264 e. The van der Waals surface area contributed by atoms with Gasteiger partial charge in [0, 0.05) is 12.3 Å². The number of amides is 1. The number of thioether (sulfide) groups is 1. The van der Waals surface area contributed by atoms with Crippen molar-refractivity contribution >= 4 is 45.0 Å². The van der Waals surface area contributed by atoms with Gasteiger partial charge in [-0.1, -0.05) is 54.1 Å². The number of carbonyl (C=O) groups is 1. The standard InChI is InChI=1S/C24H24ClFN2O3S2/c25-22-9-4-5-10-23(22)28(33(30,31)21-7-2-1-3-8-21)17-24(29)27-15-6-16-32-18-19-11-13-20(26)14-12-19/h1-5,7-14H,6,15-18H2,(H,27,29). The van der Waals surface area contributed by atoms with E-state index in [2.05, 4.69) is 5.32 Å². The molecule has 0 aliphatic carbocycles. The van der Waals surface area contributed by atoms with Crippen LogP contribution in [0, 0.1) is 5.82 Å². The summed E-state index contributed by atoms with van der Waals surface area (Å²) in [5.74, 6) is 0.877. The van der Waals surface area contributed by atoms with Crippen molar-refractivity contribution in [1.29, 1.82) is 0 Å². The van der Waals surface area contributed by atoms with Crippen molar-refractivity contribution in [3.05, 3.63) is 95.3 Å². The van der Waals surface area contributed by atoms with Gasteiger partial charge in [-0.15, -0.1) is 0 Å². The van der Waals surface area contributed by atoms with Crippen LogP contribution in [0.5, 0.6) is 0 Å². The molecule has 3 rings (SSSR count). The van der Waals surface area contributed by atoms with Crippen molar-refractivity contribution in [2.24, 2.45) is 0 Å². The fourth-order valence-corrected chi connectivity index (χ4v) is 5.70. The molecule has 0 aliphatic rings. The van der Waals surface area contributed by atoms with E-state index in [1.807, 2.05) is 0 Å². The molecule has 33 heavy (non-hydrogen) atoms. The predicted octanol–water partition coefficient (Wildman–Crippen LogP) is 5.11. The maximum Gasteiger partial charge on any atom is 0.264 e. The Morgan fingerprint density at radius 3 is 2.33 bits per heavy atom. The second-order valence-corrected chi connectivity index (χ2v) is 10.5. The van der Waals surface area contributed by atoms with E-state index in [1.165, 1.54) is 24.3 Å². The van der Waals surface area contributed by atoms with Crippen molar-refractivity contribution in [3.63, 3.8) is 0 Å². The Hall–Kier alpha value is -2.55. The highest BCUT2D eigenvalue weighted by Gasteiger charge is 2.28. The topological polar surface area (TPSA) is 66.5 Å². The quantitative estimate of drug-likeness (QED) is 0.367. The molecule has 174 valence electrons. The third kappa shape index (κ3) is 7.22. The fourth-order valence-electron chi connectivity index (χ4n) is 3.03. The molecule has 0 bridgehead atoms. The van der Waals surface area contributed by atoms with Crippen LogP contribution in [0.15, 0.2) is 83.8 Å². The normalized spacial score (nSPS) is 11.2. The van der Waals surface area contributed by atoms with E-state index in [-0.39, 0.29) is 28.0 Å². The largest absolute Gasteiger partial charge is 0.354 e. The van der Waals surface area contributed by atoms with Gasteiger partial charge in [-0.3, -0.25) is 9.10 Å². The van der Waals surface area contributed by atoms with E-state index in [1.54, 1.807) is 66.4 Å². The van der Waals surface area contributed by atoms with E-state index >= 15 is 0 Å². The second-order valence-electron chi connectivity index (χ2n) is 7.16. The summed E-state index contributed by atoms with van der Waals surface area (Å²) < 4.78 is 40.5. The highest BCUT2D eigenvalue weighted by molar-refractivity contribution is 7.98. The third-order valence-corrected chi connectivity index (χ3v) is 7.92. The molecule has 0 fully saturated rings. The summed E-state index contributed by atoms with van der Waals surface area (Å²) in [6.07, 6.45) is 0.717. The molecule has 9 heteroatoms. The van der Waals surface area contributed by atoms with Crippen LogP contribution in [0.2, 0.25) is 5.02 Å². The summed E-state index contributed by atoms with van der Waals surface area (Å²) in [5.41, 5.74) is 1.28. The highest BCUT2D eigenvalue weighted by atomic mass is 35.5. The van der Waals surface area contributed by atoms with E-state index in [4.69, 9.17) is 11.6 Å². The van der Waals surface area contributed by atoms with Gasteiger partial charge in [-0.25, -0.2) is 12.8 Å². The lowest BCUT2D eigenvalue weighted by molar-refractivity contribution is -0.119. The molecule has 3 aromatic carbocycles. The number of halogens is 2. The first-order chi connectivity index (χ1) is 15.9. The number of hydrogen-bond acceptors (Lipinski definition) is 4. The van der Waals surface area contributed by atoms with Crippen LogP contribution < -0.4 is 9.62 Å². The van der Waals surface area contributed by atoms with Crippen molar-refractivity contribution in [1.82, 2.24) is 5.32 Å². The van der Waals surface area contributed by atoms with Gasteiger partial charge in [0.25, 0.3) is 10.0 Å². The minimum atomic E-state index is -3.99. The number of para-hydroxylation sites is 1. The Labute approximate surface area is 203 Å². The second kappa shape index (κ2) is 12.1. The van der Waals surface area contributed by atoms with Crippen molar-refractivity contribution in [2.45, 2.75) is 17.1 Å². The van der Waals surface area contributed by atoms with E-state index in [9.17, 15) is 17.6 Å². The van der Waals surface area contributed by atoms with Crippen LogP contribution in [0.3, 0.4) is 0 Å². The monoisotopic (exact) mass is 506 g/mol. The lowest BCUT2D eigenvalue weighted by Gasteiger charge is -2.25. The molecule has 1 N–H and O–H groups in total. The molecular formula is C24H24ClFN2O3S2. The summed E-state index contributed by atoms with van der Waals surface area (Å²) in [6, 6.07) is 20.8. The summed E-state index contributed by atoms with van der Waals surface area (Å²) in [4.78, 5) is 12.7. The highest BCUT2D eigenvalue weighted by Crippen LogP contribution is 2.30. The molecule has 0 heterocycles. The first-order valence-corrected chi connectivity index (χ1v) is 13.3. The first kappa shape index (κ1) is 25.1. The molecule has 0 unspecified atom stereocenters. The molecular weight excluding hydrogens is 483 g/mol. The summed E-state index contributed by atoms with van der Waals surface area (Å²) >= 11 is 7.94. The fraction of sp³-hybridized carbons (Fsp3) is 0.208. The Morgan fingerprint density at radius 1 is 0.970 bits per heavy atom. The van der Waals surface area contributed by atoms with Crippen LogP contribution in [0.25, 0.3) is 0 Å². The van der Waals surface area contributed by atoms with Crippen LogP contribution in [0.4, 0.5) is 10.1 Å². The van der Waals surface area contributed by atoms with Crippen LogP contribution in [-0.2, 0) is 20.6 Å². The Morgan fingerprint density at radius 2 is 1.64 bits per heavy atom. The predicted molar refractivity (Wildman–Crippen MR) is 133 cm³/mol. The number of hydrogen-bond donors (Lipinski definition) is 1. The zero-order valence-corrected chi connectivity index (χ0v) is 20.2. The Kier molecular flexibility index (Phi) is 9.17. The summed E-state index contributed by atoms with van der Waals surface area (Å²) in [6.45, 7) is 0.0285. The number of sulfonamides is 1. The molecule has 3 aromatic rings. The van der Waals surface area contributed by atoms with Gasteiger partial charge in [0.15, 0.2) is 0 Å². The van der Waals surface area contributed by atoms with Crippen LogP contribution in [-0.4, -0.2) is 33.2 Å². The average molecular weight is 507 g/mol. The number of nitrogens with zero attached hydrogens (tertiary/aromatic N) is 1. The van der Waals surface area contributed by atoms with Gasteiger partial charge in [-0.05, 0) is 54.1 Å². The molecule has 1 amide bonds. The van der Waals surface area contributed by atoms with Gasteiger partial charge in [-0.2, -0.15) is 11.8 Å².